The van der Waals surface area contributed by atoms with Gasteiger partial charge in [0.2, 0.25) is 11.4 Å². The van der Waals surface area contributed by atoms with Gasteiger partial charge in [-0.2, -0.15) is 0 Å². The van der Waals surface area contributed by atoms with E-state index in [4.69, 9.17) is 13.3 Å². The third kappa shape index (κ3) is 5.87. The van der Waals surface area contributed by atoms with Gasteiger partial charge in [0.15, 0.2) is 0 Å². The third-order valence-electron chi connectivity index (χ3n) is 14.2. The van der Waals surface area contributed by atoms with Crippen LogP contribution in [-0.4, -0.2) is 14.5 Å². The molecule has 0 bridgehead atoms. The van der Waals surface area contributed by atoms with E-state index in [1.807, 2.05) is 24.3 Å². The van der Waals surface area contributed by atoms with E-state index >= 15 is 0 Å². The van der Waals surface area contributed by atoms with Gasteiger partial charge in [-0.1, -0.05) is 146 Å². The standard InChI is InChI=1S/C64H37N3O3/c1-2-17-59-49(8-1)50-12-3-9-46(60(50)68-59)42-26-30-45(31-27-42)67-57-32-28-43(38-18-22-40(23-19-38)47-10-4-13-51-53-15-6-34-65-63(53)69-61(47)51)36-55(57)56-37-44(29-33-58(56)67)39-20-24-41(25-21-39)48-11-5-14-52-54-16-7-35-66-64(54)70-62(48)52/h1-37H. The van der Waals surface area contributed by atoms with Gasteiger partial charge in [-0.3, -0.25) is 0 Å². The number of pyridine rings is 2. The molecule has 15 aromatic rings. The molecular weight excluding hydrogens is 859 g/mol. The Hall–Kier alpha value is -9.52. The summed E-state index contributed by atoms with van der Waals surface area (Å²) in [6.45, 7) is 0. The highest BCUT2D eigenvalue weighted by Crippen LogP contribution is 2.42. The molecule has 9 aromatic carbocycles. The Kier molecular flexibility index (Phi) is 8.26. The monoisotopic (exact) mass is 895 g/mol. The fraction of sp³-hybridized carbons (Fsp3) is 0. The quantitative estimate of drug-likeness (QED) is 0.166. The van der Waals surface area contributed by atoms with Gasteiger partial charge >= 0.3 is 0 Å². The lowest BCUT2D eigenvalue weighted by Gasteiger charge is -2.11. The van der Waals surface area contributed by atoms with Gasteiger partial charge in [0.25, 0.3) is 0 Å². The van der Waals surface area contributed by atoms with Crippen LogP contribution >= 0.6 is 0 Å². The van der Waals surface area contributed by atoms with Crippen molar-refractivity contribution in [1.29, 1.82) is 0 Å². The van der Waals surface area contributed by atoms with Gasteiger partial charge in [-0.05, 0) is 106 Å². The molecule has 0 atom stereocenters. The molecule has 70 heavy (non-hydrogen) atoms. The Morgan fingerprint density at radius 1 is 0.286 bits per heavy atom. The molecule has 6 heterocycles. The summed E-state index contributed by atoms with van der Waals surface area (Å²) >= 11 is 0. The molecule has 326 valence electrons. The highest BCUT2D eigenvalue weighted by Gasteiger charge is 2.19. The van der Waals surface area contributed by atoms with Crippen molar-refractivity contribution in [3.8, 4) is 61.3 Å². The predicted molar refractivity (Wildman–Crippen MR) is 285 cm³/mol. The summed E-state index contributed by atoms with van der Waals surface area (Å²) in [5.74, 6) is 0. The van der Waals surface area contributed by atoms with Crippen LogP contribution in [0, 0.1) is 0 Å². The number of aromatic nitrogens is 3. The van der Waals surface area contributed by atoms with Gasteiger partial charge in [0.1, 0.15) is 22.3 Å². The first-order valence-corrected chi connectivity index (χ1v) is 23.5. The first-order chi connectivity index (χ1) is 34.7. The van der Waals surface area contributed by atoms with E-state index in [1.165, 1.54) is 10.8 Å². The number of rotatable bonds is 6. The summed E-state index contributed by atoms with van der Waals surface area (Å²) in [6.07, 6.45) is 3.55. The van der Waals surface area contributed by atoms with Crippen molar-refractivity contribution in [1.82, 2.24) is 14.5 Å². The predicted octanol–water partition coefficient (Wildman–Crippen LogP) is 17.6. The largest absolute Gasteiger partial charge is 0.455 e. The number of para-hydroxylation sites is 4. The maximum absolute atomic E-state index is 6.45. The van der Waals surface area contributed by atoms with E-state index in [0.717, 1.165) is 127 Å². The lowest BCUT2D eigenvalue weighted by Crippen LogP contribution is -1.94. The Morgan fingerprint density at radius 3 is 1.20 bits per heavy atom. The Labute approximate surface area is 399 Å². The highest BCUT2D eigenvalue weighted by molar-refractivity contribution is 6.13. The van der Waals surface area contributed by atoms with Crippen molar-refractivity contribution in [3.05, 3.63) is 225 Å². The van der Waals surface area contributed by atoms with Crippen LogP contribution in [0.15, 0.2) is 238 Å². The zero-order chi connectivity index (χ0) is 45.9. The van der Waals surface area contributed by atoms with Gasteiger partial charge < -0.3 is 17.8 Å². The molecule has 0 aliphatic carbocycles. The van der Waals surface area contributed by atoms with Crippen molar-refractivity contribution in [2.75, 3.05) is 0 Å². The maximum Gasteiger partial charge on any atom is 0.227 e. The second kappa shape index (κ2) is 15.0. The summed E-state index contributed by atoms with van der Waals surface area (Å²) in [5.41, 5.74) is 19.2. The molecule has 0 saturated carbocycles. The summed E-state index contributed by atoms with van der Waals surface area (Å²) in [5, 5.41) is 8.79. The zero-order valence-corrected chi connectivity index (χ0v) is 37.4. The average molecular weight is 896 g/mol. The Morgan fingerprint density at radius 2 is 0.686 bits per heavy atom. The van der Waals surface area contributed by atoms with E-state index in [9.17, 15) is 0 Å². The van der Waals surface area contributed by atoms with E-state index in [1.54, 1.807) is 12.4 Å². The summed E-state index contributed by atoms with van der Waals surface area (Å²) in [6, 6.07) is 75.6. The van der Waals surface area contributed by atoms with E-state index < -0.39 is 0 Å². The molecule has 6 heteroatoms. The van der Waals surface area contributed by atoms with Crippen molar-refractivity contribution >= 4 is 87.9 Å². The fourth-order valence-electron chi connectivity index (χ4n) is 10.8. The van der Waals surface area contributed by atoms with Crippen LogP contribution in [0.25, 0.3) is 149 Å². The minimum Gasteiger partial charge on any atom is -0.455 e. The Bertz CT molecular complexity index is 4360. The van der Waals surface area contributed by atoms with Crippen molar-refractivity contribution in [2.45, 2.75) is 0 Å². The second-order valence-electron chi connectivity index (χ2n) is 18.1. The number of hydrogen-bond donors (Lipinski definition) is 0. The molecule has 6 aromatic heterocycles. The average Bonchev–Trinajstić information content (AvgIpc) is 4.20. The third-order valence-corrected chi connectivity index (χ3v) is 14.2. The number of benzene rings is 9. The van der Waals surface area contributed by atoms with Crippen molar-refractivity contribution in [3.63, 3.8) is 0 Å². The van der Waals surface area contributed by atoms with Gasteiger partial charge in [-0.25, -0.2) is 9.97 Å². The molecular formula is C64H37N3O3. The van der Waals surface area contributed by atoms with Gasteiger partial charge in [0, 0.05) is 77.9 Å². The van der Waals surface area contributed by atoms with Crippen LogP contribution in [0.5, 0.6) is 0 Å². The first kappa shape index (κ1) is 38.6. The minimum absolute atomic E-state index is 0.653. The molecule has 0 N–H and O–H groups in total. The lowest BCUT2D eigenvalue weighted by molar-refractivity contribution is 0.654. The fourth-order valence-corrected chi connectivity index (χ4v) is 10.8. The lowest BCUT2D eigenvalue weighted by atomic mass is 9.97. The summed E-state index contributed by atoms with van der Waals surface area (Å²) < 4.78 is 21.5. The molecule has 6 nitrogen and oxygen atoms in total. The minimum atomic E-state index is 0.653. The van der Waals surface area contributed by atoms with Crippen LogP contribution in [0.2, 0.25) is 0 Å². The van der Waals surface area contributed by atoms with E-state index in [2.05, 4.69) is 203 Å². The second-order valence-corrected chi connectivity index (χ2v) is 18.1. The van der Waals surface area contributed by atoms with Crippen LogP contribution in [0.4, 0.5) is 0 Å². The zero-order valence-electron chi connectivity index (χ0n) is 37.4. The normalized spacial score (nSPS) is 12.0. The molecule has 0 aliphatic heterocycles. The first-order valence-electron chi connectivity index (χ1n) is 23.5. The SMILES string of the molecule is c1ccc2c(c1)oc1c(-c3ccc(-n4c5ccc(-c6ccc(-c7cccc8c7oc7ncccc78)cc6)cc5c5cc(-c6ccc(-c7cccc8c7oc7ncccc78)cc6)ccc54)cc3)cccc12. The molecule has 0 amide bonds. The van der Waals surface area contributed by atoms with Crippen LogP contribution in [-0.2, 0) is 0 Å². The number of hydrogen-bond acceptors (Lipinski definition) is 5. The molecule has 0 saturated heterocycles. The highest BCUT2D eigenvalue weighted by atomic mass is 16.3. The maximum atomic E-state index is 6.45. The Balaban J connectivity index is 0.842. The van der Waals surface area contributed by atoms with Crippen LogP contribution in [0.1, 0.15) is 0 Å². The topological polar surface area (TPSA) is 70.1 Å². The number of fused-ring (bicyclic) bond motifs is 12. The summed E-state index contributed by atoms with van der Waals surface area (Å²) in [4.78, 5) is 8.97. The van der Waals surface area contributed by atoms with E-state index in [0.29, 0.717) is 11.4 Å². The molecule has 0 unspecified atom stereocenters. The van der Waals surface area contributed by atoms with Gasteiger partial charge in [0.05, 0.1) is 11.0 Å². The molecule has 0 fully saturated rings. The molecule has 0 aliphatic rings. The molecule has 0 radical (unpaired) electrons. The van der Waals surface area contributed by atoms with Crippen LogP contribution in [0.3, 0.4) is 0 Å². The van der Waals surface area contributed by atoms with Gasteiger partial charge in [-0.15, -0.1) is 0 Å². The number of furan rings is 3. The van der Waals surface area contributed by atoms with E-state index in [-0.39, 0.29) is 0 Å². The van der Waals surface area contributed by atoms with Crippen LogP contribution < -0.4 is 0 Å². The molecule has 0 spiro atoms. The molecule has 15 rings (SSSR count). The smallest absolute Gasteiger partial charge is 0.227 e. The van der Waals surface area contributed by atoms with Crippen molar-refractivity contribution < 1.29 is 13.3 Å². The number of nitrogens with zero attached hydrogens (tertiary/aromatic N) is 3. The summed E-state index contributed by atoms with van der Waals surface area (Å²) in [7, 11) is 0. The van der Waals surface area contributed by atoms with Crippen molar-refractivity contribution in [2.24, 2.45) is 0 Å².